The maximum Gasteiger partial charge on any atom is 0.261 e. The number of hydrogen-bond acceptors (Lipinski definition) is 5. The molecule has 1 aliphatic rings. The molecule has 0 spiro atoms. The molecule has 0 bridgehead atoms. The summed E-state index contributed by atoms with van der Waals surface area (Å²) in [6.07, 6.45) is 3.37. The SMILES string of the molecule is O=C(Nc1ccccc1)[C@@H]1CCCN(Cc2nc3ccccc3c(=O)n2Cc2ccco2)C1. The average molecular weight is 443 g/mol. The van der Waals surface area contributed by atoms with Gasteiger partial charge in [0, 0.05) is 12.2 Å². The quantitative estimate of drug-likeness (QED) is 0.490. The van der Waals surface area contributed by atoms with E-state index in [-0.39, 0.29) is 17.4 Å². The summed E-state index contributed by atoms with van der Waals surface area (Å²) in [5, 5.41) is 3.61. The number of furan rings is 1. The third-order valence-electron chi connectivity index (χ3n) is 6.12. The number of nitrogens with one attached hydrogen (secondary N) is 1. The number of piperidine rings is 1. The summed E-state index contributed by atoms with van der Waals surface area (Å²) < 4.78 is 7.19. The van der Waals surface area contributed by atoms with E-state index in [2.05, 4.69) is 10.2 Å². The van der Waals surface area contributed by atoms with Crippen molar-refractivity contribution < 1.29 is 9.21 Å². The van der Waals surface area contributed by atoms with Gasteiger partial charge in [-0.15, -0.1) is 0 Å². The van der Waals surface area contributed by atoms with E-state index in [1.54, 1.807) is 16.9 Å². The van der Waals surface area contributed by atoms with E-state index in [9.17, 15) is 9.59 Å². The highest BCUT2D eigenvalue weighted by Crippen LogP contribution is 2.21. The normalized spacial score (nSPS) is 16.7. The predicted octanol–water partition coefficient (Wildman–Crippen LogP) is 3.89. The molecule has 2 aromatic heterocycles. The molecule has 4 aromatic rings. The maximum atomic E-state index is 13.3. The Morgan fingerprint density at radius 2 is 1.85 bits per heavy atom. The van der Waals surface area contributed by atoms with Crippen LogP contribution < -0.4 is 10.9 Å². The number of anilines is 1. The van der Waals surface area contributed by atoms with Gasteiger partial charge in [0.1, 0.15) is 11.6 Å². The Morgan fingerprint density at radius 3 is 2.67 bits per heavy atom. The van der Waals surface area contributed by atoms with Crippen LogP contribution in [-0.4, -0.2) is 33.4 Å². The second-order valence-corrected chi connectivity index (χ2v) is 8.45. The van der Waals surface area contributed by atoms with Crippen molar-refractivity contribution in [3.63, 3.8) is 0 Å². The zero-order valence-electron chi connectivity index (χ0n) is 18.3. The van der Waals surface area contributed by atoms with Crippen molar-refractivity contribution in [2.45, 2.75) is 25.9 Å². The molecule has 1 amide bonds. The van der Waals surface area contributed by atoms with Crippen LogP contribution in [0.25, 0.3) is 10.9 Å². The lowest BCUT2D eigenvalue weighted by Crippen LogP contribution is -2.41. The monoisotopic (exact) mass is 442 g/mol. The molecule has 1 atom stereocenters. The van der Waals surface area contributed by atoms with E-state index in [0.717, 1.165) is 25.1 Å². The fourth-order valence-electron chi connectivity index (χ4n) is 4.44. The number of nitrogens with zero attached hydrogens (tertiary/aromatic N) is 3. The van der Waals surface area contributed by atoms with Crippen LogP contribution in [0.15, 0.2) is 82.2 Å². The number of para-hydroxylation sites is 2. The molecule has 7 heteroatoms. The molecule has 1 fully saturated rings. The van der Waals surface area contributed by atoms with Crippen LogP contribution >= 0.6 is 0 Å². The number of aromatic nitrogens is 2. The number of hydrogen-bond donors (Lipinski definition) is 1. The predicted molar refractivity (Wildman–Crippen MR) is 127 cm³/mol. The summed E-state index contributed by atoms with van der Waals surface area (Å²) in [4.78, 5) is 33.2. The van der Waals surface area contributed by atoms with Crippen LogP contribution in [0.2, 0.25) is 0 Å². The third kappa shape index (κ3) is 4.73. The lowest BCUT2D eigenvalue weighted by atomic mass is 9.97. The molecule has 1 N–H and O–H groups in total. The smallest absolute Gasteiger partial charge is 0.261 e. The van der Waals surface area contributed by atoms with Gasteiger partial charge in [-0.2, -0.15) is 0 Å². The minimum Gasteiger partial charge on any atom is -0.467 e. The van der Waals surface area contributed by atoms with Crippen molar-refractivity contribution in [3.8, 4) is 0 Å². The summed E-state index contributed by atoms with van der Waals surface area (Å²) >= 11 is 0. The average Bonchev–Trinajstić information content (AvgIpc) is 3.36. The molecule has 1 aliphatic heterocycles. The second kappa shape index (κ2) is 9.42. The molecule has 168 valence electrons. The molecule has 0 aliphatic carbocycles. The second-order valence-electron chi connectivity index (χ2n) is 8.45. The van der Waals surface area contributed by atoms with Gasteiger partial charge in [-0.1, -0.05) is 30.3 Å². The number of likely N-dealkylation sites (tertiary alicyclic amines) is 1. The van der Waals surface area contributed by atoms with Gasteiger partial charge in [0.2, 0.25) is 5.91 Å². The number of rotatable bonds is 6. The van der Waals surface area contributed by atoms with Gasteiger partial charge in [0.25, 0.3) is 5.56 Å². The van der Waals surface area contributed by atoms with Crippen molar-refractivity contribution in [2.75, 3.05) is 18.4 Å². The number of fused-ring (bicyclic) bond motifs is 1. The highest BCUT2D eigenvalue weighted by atomic mass is 16.3. The Balaban J connectivity index is 1.38. The van der Waals surface area contributed by atoms with Crippen molar-refractivity contribution in [1.82, 2.24) is 14.5 Å². The van der Waals surface area contributed by atoms with Gasteiger partial charge in [0.05, 0.1) is 36.2 Å². The van der Waals surface area contributed by atoms with E-state index in [1.807, 2.05) is 60.7 Å². The van der Waals surface area contributed by atoms with Crippen molar-refractivity contribution >= 4 is 22.5 Å². The topological polar surface area (TPSA) is 80.4 Å². The first kappa shape index (κ1) is 21.2. The molecule has 1 saturated heterocycles. The van der Waals surface area contributed by atoms with E-state index >= 15 is 0 Å². The Bertz CT molecular complexity index is 1300. The van der Waals surface area contributed by atoms with Crippen LogP contribution in [0.4, 0.5) is 5.69 Å². The van der Waals surface area contributed by atoms with Crippen molar-refractivity contribution in [1.29, 1.82) is 0 Å². The number of carbonyl (C=O) groups excluding carboxylic acids is 1. The number of carbonyl (C=O) groups is 1. The summed E-state index contributed by atoms with van der Waals surface area (Å²) in [7, 11) is 0. The van der Waals surface area contributed by atoms with Gasteiger partial charge < -0.3 is 9.73 Å². The Hall–Kier alpha value is -3.71. The zero-order chi connectivity index (χ0) is 22.6. The first-order chi connectivity index (χ1) is 16.2. The lowest BCUT2D eigenvalue weighted by Gasteiger charge is -2.32. The molecule has 2 aromatic carbocycles. The first-order valence-electron chi connectivity index (χ1n) is 11.3. The summed E-state index contributed by atoms with van der Waals surface area (Å²) in [5.41, 5.74) is 1.41. The molecule has 33 heavy (non-hydrogen) atoms. The van der Waals surface area contributed by atoms with E-state index < -0.39 is 0 Å². The van der Waals surface area contributed by atoms with Gasteiger partial charge in [-0.25, -0.2) is 4.98 Å². The zero-order valence-corrected chi connectivity index (χ0v) is 18.3. The molecule has 7 nitrogen and oxygen atoms in total. The van der Waals surface area contributed by atoms with Crippen LogP contribution in [0.3, 0.4) is 0 Å². The lowest BCUT2D eigenvalue weighted by molar-refractivity contribution is -0.121. The Kier molecular flexibility index (Phi) is 6.04. The summed E-state index contributed by atoms with van der Waals surface area (Å²) in [5.74, 6) is 1.31. The molecule has 0 radical (unpaired) electrons. The minimum absolute atomic E-state index is 0.0327. The largest absolute Gasteiger partial charge is 0.467 e. The highest BCUT2D eigenvalue weighted by Gasteiger charge is 2.27. The van der Waals surface area contributed by atoms with Crippen LogP contribution in [-0.2, 0) is 17.9 Å². The van der Waals surface area contributed by atoms with Gasteiger partial charge in [-0.05, 0) is 55.8 Å². The minimum atomic E-state index is -0.107. The van der Waals surface area contributed by atoms with Crippen molar-refractivity contribution in [2.24, 2.45) is 5.92 Å². The summed E-state index contributed by atoms with van der Waals surface area (Å²) in [6, 6.07) is 20.6. The highest BCUT2D eigenvalue weighted by molar-refractivity contribution is 5.92. The first-order valence-corrected chi connectivity index (χ1v) is 11.3. The van der Waals surface area contributed by atoms with Crippen LogP contribution in [0.5, 0.6) is 0 Å². The van der Waals surface area contributed by atoms with Gasteiger partial charge in [-0.3, -0.25) is 19.1 Å². The maximum absolute atomic E-state index is 13.3. The molecule has 0 unspecified atom stereocenters. The van der Waals surface area contributed by atoms with Crippen LogP contribution in [0.1, 0.15) is 24.4 Å². The Labute approximate surface area is 191 Å². The molecular formula is C26H26N4O3. The van der Waals surface area contributed by atoms with Crippen LogP contribution in [0, 0.1) is 5.92 Å². The number of amides is 1. The Morgan fingerprint density at radius 1 is 1.03 bits per heavy atom. The van der Waals surface area contributed by atoms with Gasteiger partial charge in [0.15, 0.2) is 0 Å². The molecular weight excluding hydrogens is 416 g/mol. The van der Waals surface area contributed by atoms with E-state index in [0.29, 0.717) is 42.1 Å². The van der Waals surface area contributed by atoms with E-state index in [1.165, 1.54) is 0 Å². The fraction of sp³-hybridized carbons (Fsp3) is 0.269. The molecule has 3 heterocycles. The molecule has 5 rings (SSSR count). The van der Waals surface area contributed by atoms with E-state index in [4.69, 9.17) is 9.40 Å². The third-order valence-corrected chi connectivity index (χ3v) is 6.12. The number of benzene rings is 2. The van der Waals surface area contributed by atoms with Crippen molar-refractivity contribution in [3.05, 3.63) is 94.9 Å². The standard InChI is InChI=1S/C26H26N4O3/c31-25(27-20-9-2-1-3-10-20)19-8-6-14-29(16-19)18-24-28-23-13-5-4-12-22(23)26(32)30(24)17-21-11-7-15-33-21/h1-5,7,9-13,15,19H,6,8,14,16-18H2,(H,27,31)/t19-/m1/s1. The van der Waals surface area contributed by atoms with Gasteiger partial charge >= 0.3 is 0 Å². The molecule has 0 saturated carbocycles. The fourth-order valence-corrected chi connectivity index (χ4v) is 4.44. The summed E-state index contributed by atoms with van der Waals surface area (Å²) in [6.45, 7) is 2.31.